The monoisotopic (exact) mass is 239 g/mol. The van der Waals surface area contributed by atoms with Gasteiger partial charge in [-0.05, 0) is 6.42 Å². The zero-order chi connectivity index (χ0) is 12.7. The summed E-state index contributed by atoms with van der Waals surface area (Å²) in [6.07, 6.45) is 5.37. The topological polar surface area (TPSA) is 95.1 Å². The van der Waals surface area contributed by atoms with Gasteiger partial charge in [0.05, 0.1) is 6.42 Å². The maximum Gasteiger partial charge on any atom is 0.326 e. The van der Waals surface area contributed by atoms with Crippen LogP contribution in [-0.2, 0) is 16.0 Å². The summed E-state index contributed by atoms with van der Waals surface area (Å²) < 4.78 is 0. The van der Waals surface area contributed by atoms with Crippen molar-refractivity contribution in [2.75, 3.05) is 0 Å². The molecular formula is C11H17N3O3. The van der Waals surface area contributed by atoms with Gasteiger partial charge in [0.25, 0.3) is 0 Å². The molecule has 1 unspecified atom stereocenters. The Balaban J connectivity index is 2.43. The van der Waals surface area contributed by atoms with E-state index in [1.165, 1.54) is 0 Å². The van der Waals surface area contributed by atoms with E-state index in [1.54, 1.807) is 12.4 Å². The van der Waals surface area contributed by atoms with Gasteiger partial charge in [-0.2, -0.15) is 0 Å². The number of aromatic nitrogens is 2. The largest absolute Gasteiger partial charge is 0.480 e. The van der Waals surface area contributed by atoms with E-state index in [2.05, 4.69) is 15.3 Å². The lowest BCUT2D eigenvalue weighted by Crippen LogP contribution is -2.41. The zero-order valence-corrected chi connectivity index (χ0v) is 9.77. The van der Waals surface area contributed by atoms with Gasteiger partial charge in [0, 0.05) is 12.4 Å². The Kier molecular flexibility index (Phi) is 5.19. The number of carbonyl (C=O) groups excluding carboxylic acids is 1. The Morgan fingerprint density at radius 1 is 1.59 bits per heavy atom. The van der Waals surface area contributed by atoms with E-state index in [0.29, 0.717) is 12.2 Å². The van der Waals surface area contributed by atoms with Crippen LogP contribution in [0.25, 0.3) is 0 Å². The van der Waals surface area contributed by atoms with Gasteiger partial charge in [-0.3, -0.25) is 4.79 Å². The number of carboxylic acid groups (broad SMARTS) is 1. The number of hydrogen-bond acceptors (Lipinski definition) is 3. The first-order valence-corrected chi connectivity index (χ1v) is 5.64. The second-order valence-corrected chi connectivity index (χ2v) is 3.81. The molecule has 1 rings (SSSR count). The van der Waals surface area contributed by atoms with Gasteiger partial charge in [0.2, 0.25) is 5.91 Å². The van der Waals surface area contributed by atoms with Gasteiger partial charge >= 0.3 is 5.97 Å². The molecule has 6 heteroatoms. The number of imidazole rings is 1. The molecule has 1 heterocycles. The van der Waals surface area contributed by atoms with Crippen molar-refractivity contribution < 1.29 is 14.7 Å². The second kappa shape index (κ2) is 6.67. The fourth-order valence-electron chi connectivity index (χ4n) is 1.46. The number of nitrogens with zero attached hydrogens (tertiary/aromatic N) is 1. The predicted octanol–water partition coefficient (Wildman–Crippen LogP) is 0.712. The average molecular weight is 239 g/mol. The Labute approximate surface area is 99.4 Å². The minimum absolute atomic E-state index is 0.0723. The van der Waals surface area contributed by atoms with Crippen molar-refractivity contribution in [3.63, 3.8) is 0 Å². The molecular weight excluding hydrogens is 222 g/mol. The second-order valence-electron chi connectivity index (χ2n) is 3.81. The summed E-state index contributed by atoms with van der Waals surface area (Å²) in [5, 5.41) is 11.4. The van der Waals surface area contributed by atoms with E-state index < -0.39 is 12.0 Å². The molecule has 0 saturated heterocycles. The van der Waals surface area contributed by atoms with Crippen LogP contribution < -0.4 is 5.32 Å². The summed E-state index contributed by atoms with van der Waals surface area (Å²) in [5.41, 5.74) is 0. The number of hydrogen-bond donors (Lipinski definition) is 3. The first kappa shape index (κ1) is 13.2. The average Bonchev–Trinajstić information content (AvgIpc) is 2.76. The van der Waals surface area contributed by atoms with Crippen LogP contribution in [0.4, 0.5) is 0 Å². The van der Waals surface area contributed by atoms with Crippen molar-refractivity contribution in [3.8, 4) is 0 Å². The van der Waals surface area contributed by atoms with Gasteiger partial charge in [-0.25, -0.2) is 9.78 Å². The fourth-order valence-corrected chi connectivity index (χ4v) is 1.46. The van der Waals surface area contributed by atoms with Gasteiger partial charge < -0.3 is 15.4 Å². The third-order valence-electron chi connectivity index (χ3n) is 2.36. The van der Waals surface area contributed by atoms with E-state index in [0.717, 1.165) is 12.8 Å². The molecule has 0 aliphatic rings. The van der Waals surface area contributed by atoms with Crippen LogP contribution in [-0.4, -0.2) is 33.0 Å². The molecule has 3 N–H and O–H groups in total. The van der Waals surface area contributed by atoms with Crippen LogP contribution in [0, 0.1) is 0 Å². The maximum absolute atomic E-state index is 11.6. The summed E-state index contributed by atoms with van der Waals surface area (Å²) in [6, 6.07) is -0.808. The number of aromatic amines is 1. The summed E-state index contributed by atoms with van der Waals surface area (Å²) in [7, 11) is 0. The minimum Gasteiger partial charge on any atom is -0.480 e. The van der Waals surface area contributed by atoms with E-state index >= 15 is 0 Å². The third-order valence-corrected chi connectivity index (χ3v) is 2.36. The van der Waals surface area contributed by atoms with Crippen molar-refractivity contribution >= 4 is 11.9 Å². The molecule has 1 aromatic heterocycles. The number of amides is 1. The highest BCUT2D eigenvalue weighted by molar-refractivity contribution is 5.84. The van der Waals surface area contributed by atoms with Gasteiger partial charge in [-0.1, -0.05) is 19.8 Å². The predicted molar refractivity (Wildman–Crippen MR) is 61.4 cm³/mol. The highest BCUT2D eigenvalue weighted by atomic mass is 16.4. The number of unbranched alkanes of at least 4 members (excludes halogenated alkanes) is 1. The lowest BCUT2D eigenvalue weighted by atomic mass is 10.1. The molecule has 1 amide bonds. The number of aliphatic carboxylic acids is 1. The smallest absolute Gasteiger partial charge is 0.326 e. The van der Waals surface area contributed by atoms with Crippen LogP contribution in [0.15, 0.2) is 12.4 Å². The Bertz CT molecular complexity index is 362. The third kappa shape index (κ3) is 4.67. The van der Waals surface area contributed by atoms with Crippen LogP contribution in [0.5, 0.6) is 0 Å². The van der Waals surface area contributed by atoms with E-state index in [9.17, 15) is 9.59 Å². The lowest BCUT2D eigenvalue weighted by Gasteiger charge is -2.13. The standard InChI is InChI=1S/C11H17N3O3/c1-2-3-4-8(11(16)17)14-10(15)7-9-12-5-6-13-9/h5-6,8H,2-4,7H2,1H3,(H,12,13)(H,14,15)(H,16,17). The van der Waals surface area contributed by atoms with Crippen molar-refractivity contribution in [1.82, 2.24) is 15.3 Å². The van der Waals surface area contributed by atoms with Gasteiger partial charge in [0.15, 0.2) is 0 Å². The highest BCUT2D eigenvalue weighted by Gasteiger charge is 2.19. The number of nitrogens with one attached hydrogen (secondary N) is 2. The first-order chi connectivity index (χ1) is 8.13. The molecule has 1 aromatic rings. The molecule has 0 bridgehead atoms. The quantitative estimate of drug-likeness (QED) is 0.653. The molecule has 0 aliphatic heterocycles. The molecule has 6 nitrogen and oxygen atoms in total. The van der Waals surface area contributed by atoms with E-state index in [-0.39, 0.29) is 12.3 Å². The number of H-pyrrole nitrogens is 1. The molecule has 17 heavy (non-hydrogen) atoms. The zero-order valence-electron chi connectivity index (χ0n) is 9.77. The Morgan fingerprint density at radius 3 is 2.88 bits per heavy atom. The SMILES string of the molecule is CCCCC(NC(=O)Cc1ncc[nH]1)C(=O)O. The molecule has 0 aliphatic carbocycles. The van der Waals surface area contributed by atoms with Crippen LogP contribution in [0.3, 0.4) is 0 Å². The van der Waals surface area contributed by atoms with Crippen LogP contribution in [0.1, 0.15) is 32.0 Å². The lowest BCUT2D eigenvalue weighted by molar-refractivity contribution is -0.142. The minimum atomic E-state index is -0.994. The Morgan fingerprint density at radius 2 is 2.35 bits per heavy atom. The van der Waals surface area contributed by atoms with Crippen LogP contribution >= 0.6 is 0 Å². The maximum atomic E-state index is 11.6. The van der Waals surface area contributed by atoms with Crippen LogP contribution in [0.2, 0.25) is 0 Å². The number of carboxylic acids is 1. The van der Waals surface area contributed by atoms with Gasteiger partial charge in [0.1, 0.15) is 11.9 Å². The molecule has 0 aromatic carbocycles. The van der Waals surface area contributed by atoms with Crippen molar-refractivity contribution in [2.45, 2.75) is 38.6 Å². The molecule has 0 spiro atoms. The molecule has 0 saturated carbocycles. The normalized spacial score (nSPS) is 12.1. The molecule has 0 fully saturated rings. The van der Waals surface area contributed by atoms with Gasteiger partial charge in [-0.15, -0.1) is 0 Å². The number of rotatable bonds is 7. The van der Waals surface area contributed by atoms with Crippen molar-refractivity contribution in [1.29, 1.82) is 0 Å². The van der Waals surface area contributed by atoms with Crippen molar-refractivity contribution in [2.24, 2.45) is 0 Å². The fraction of sp³-hybridized carbons (Fsp3) is 0.545. The van der Waals surface area contributed by atoms with E-state index in [4.69, 9.17) is 5.11 Å². The summed E-state index contributed by atoms with van der Waals surface area (Å²) in [5.74, 6) is -0.795. The molecule has 94 valence electrons. The summed E-state index contributed by atoms with van der Waals surface area (Å²) in [4.78, 5) is 29.2. The first-order valence-electron chi connectivity index (χ1n) is 5.64. The summed E-state index contributed by atoms with van der Waals surface area (Å²) in [6.45, 7) is 1.98. The number of carbonyl (C=O) groups is 2. The Hall–Kier alpha value is -1.85. The van der Waals surface area contributed by atoms with E-state index in [1.807, 2.05) is 6.92 Å². The molecule has 1 atom stereocenters. The highest BCUT2D eigenvalue weighted by Crippen LogP contribution is 2.01. The molecule has 0 radical (unpaired) electrons. The van der Waals surface area contributed by atoms with Crippen molar-refractivity contribution in [3.05, 3.63) is 18.2 Å². The summed E-state index contributed by atoms with van der Waals surface area (Å²) >= 11 is 0.